The molecule has 1 aromatic heterocycles. The summed E-state index contributed by atoms with van der Waals surface area (Å²) < 4.78 is 13.6. The second-order valence-electron chi connectivity index (χ2n) is 6.11. The Kier molecular flexibility index (Phi) is 4.01. The molecule has 6 nitrogen and oxygen atoms in total. The van der Waals surface area contributed by atoms with Crippen molar-refractivity contribution in [3.05, 3.63) is 41.5 Å². The van der Waals surface area contributed by atoms with Gasteiger partial charge in [-0.05, 0) is 24.1 Å². The molecule has 2 aliphatic rings. The van der Waals surface area contributed by atoms with Gasteiger partial charge >= 0.3 is 0 Å². The van der Waals surface area contributed by atoms with Crippen LogP contribution < -0.4 is 4.74 Å². The van der Waals surface area contributed by atoms with Crippen LogP contribution in [0.5, 0.6) is 5.75 Å². The molecule has 0 amide bonds. The molecular formula is C17H22N4O2. The molecule has 3 heterocycles. The average molecular weight is 314 g/mol. The summed E-state index contributed by atoms with van der Waals surface area (Å²) in [4.78, 5) is 2.43. The van der Waals surface area contributed by atoms with Gasteiger partial charge in [-0.25, -0.2) is 0 Å². The number of aryl methyl sites for hydroxylation is 1. The van der Waals surface area contributed by atoms with E-state index in [2.05, 4.69) is 44.8 Å². The van der Waals surface area contributed by atoms with E-state index in [0.717, 1.165) is 57.4 Å². The first-order valence-corrected chi connectivity index (χ1v) is 8.29. The first kappa shape index (κ1) is 14.7. The van der Waals surface area contributed by atoms with Crippen molar-refractivity contribution in [2.75, 3.05) is 26.3 Å². The minimum absolute atomic E-state index is 0.00367. The Morgan fingerprint density at radius 3 is 3.17 bits per heavy atom. The number of rotatable bonds is 4. The average Bonchev–Trinajstić information content (AvgIpc) is 3.23. The SMILES string of the molecule is CCn1cnnc1C1CN(Cc2ccc3c(c2)CCO3)CCO1. The lowest BCUT2D eigenvalue weighted by Crippen LogP contribution is -2.38. The topological polar surface area (TPSA) is 52.4 Å². The largest absolute Gasteiger partial charge is 0.493 e. The van der Waals surface area contributed by atoms with E-state index in [1.165, 1.54) is 11.1 Å². The highest BCUT2D eigenvalue weighted by Gasteiger charge is 2.26. The Morgan fingerprint density at radius 1 is 1.30 bits per heavy atom. The van der Waals surface area contributed by atoms with Gasteiger partial charge in [0.05, 0.1) is 13.2 Å². The van der Waals surface area contributed by atoms with E-state index in [0.29, 0.717) is 0 Å². The molecule has 1 atom stereocenters. The fraction of sp³-hybridized carbons (Fsp3) is 0.529. The van der Waals surface area contributed by atoms with Crippen molar-refractivity contribution in [2.24, 2.45) is 0 Å². The number of benzene rings is 1. The highest BCUT2D eigenvalue weighted by Crippen LogP contribution is 2.27. The molecule has 0 saturated carbocycles. The van der Waals surface area contributed by atoms with Crippen molar-refractivity contribution in [3.63, 3.8) is 0 Å². The molecule has 4 rings (SSSR count). The van der Waals surface area contributed by atoms with Gasteiger partial charge in [0.25, 0.3) is 0 Å². The zero-order chi connectivity index (χ0) is 15.6. The summed E-state index contributed by atoms with van der Waals surface area (Å²) in [7, 11) is 0. The molecule has 2 aromatic rings. The summed E-state index contributed by atoms with van der Waals surface area (Å²) in [5.74, 6) is 1.98. The molecule has 0 aliphatic carbocycles. The summed E-state index contributed by atoms with van der Waals surface area (Å²) >= 11 is 0. The monoisotopic (exact) mass is 314 g/mol. The summed E-state index contributed by atoms with van der Waals surface area (Å²) in [5.41, 5.74) is 2.67. The second kappa shape index (κ2) is 6.29. The molecule has 1 saturated heterocycles. The van der Waals surface area contributed by atoms with Gasteiger partial charge in [0.1, 0.15) is 18.2 Å². The third kappa shape index (κ3) is 2.96. The van der Waals surface area contributed by atoms with Crippen LogP contribution in [-0.2, 0) is 24.2 Å². The van der Waals surface area contributed by atoms with Gasteiger partial charge in [-0.1, -0.05) is 12.1 Å². The van der Waals surface area contributed by atoms with Crippen LogP contribution in [0.1, 0.15) is 30.0 Å². The molecule has 23 heavy (non-hydrogen) atoms. The fourth-order valence-electron chi connectivity index (χ4n) is 3.36. The van der Waals surface area contributed by atoms with Crippen LogP contribution in [0.3, 0.4) is 0 Å². The summed E-state index contributed by atoms with van der Waals surface area (Å²) in [6, 6.07) is 6.55. The molecular weight excluding hydrogens is 292 g/mol. The van der Waals surface area contributed by atoms with Crippen molar-refractivity contribution >= 4 is 0 Å². The fourth-order valence-corrected chi connectivity index (χ4v) is 3.36. The predicted molar refractivity (Wildman–Crippen MR) is 85.3 cm³/mol. The van der Waals surface area contributed by atoms with Crippen LogP contribution in [0.2, 0.25) is 0 Å². The van der Waals surface area contributed by atoms with Crippen molar-refractivity contribution < 1.29 is 9.47 Å². The molecule has 0 bridgehead atoms. The van der Waals surface area contributed by atoms with Crippen LogP contribution in [-0.4, -0.2) is 46.0 Å². The first-order chi connectivity index (χ1) is 11.3. The van der Waals surface area contributed by atoms with Crippen LogP contribution in [0.4, 0.5) is 0 Å². The van der Waals surface area contributed by atoms with E-state index in [1.54, 1.807) is 6.33 Å². The minimum Gasteiger partial charge on any atom is -0.493 e. The quantitative estimate of drug-likeness (QED) is 0.861. The van der Waals surface area contributed by atoms with Crippen LogP contribution in [0.15, 0.2) is 24.5 Å². The standard InChI is InChI=1S/C17H22N4O2/c1-2-21-12-18-19-17(21)16-11-20(6-8-23-16)10-13-3-4-15-14(9-13)5-7-22-15/h3-4,9,12,16H,2,5-8,10-11H2,1H3. The van der Waals surface area contributed by atoms with Crippen LogP contribution in [0.25, 0.3) is 0 Å². The lowest BCUT2D eigenvalue weighted by atomic mass is 10.1. The second-order valence-corrected chi connectivity index (χ2v) is 6.11. The molecule has 1 aromatic carbocycles. The van der Waals surface area contributed by atoms with Crippen LogP contribution >= 0.6 is 0 Å². The van der Waals surface area contributed by atoms with Gasteiger partial charge in [-0.2, -0.15) is 0 Å². The Balaban J connectivity index is 1.45. The lowest BCUT2D eigenvalue weighted by Gasteiger charge is -2.32. The van der Waals surface area contributed by atoms with E-state index >= 15 is 0 Å². The van der Waals surface area contributed by atoms with Gasteiger partial charge in [-0.15, -0.1) is 10.2 Å². The normalized spacial score (nSPS) is 21.2. The maximum atomic E-state index is 5.92. The molecule has 0 spiro atoms. The van der Waals surface area contributed by atoms with Gasteiger partial charge in [-0.3, -0.25) is 4.90 Å². The summed E-state index contributed by atoms with van der Waals surface area (Å²) in [5, 5.41) is 8.26. The van der Waals surface area contributed by atoms with Crippen molar-refractivity contribution in [3.8, 4) is 5.75 Å². The third-order valence-electron chi connectivity index (χ3n) is 4.58. The van der Waals surface area contributed by atoms with Gasteiger partial charge < -0.3 is 14.0 Å². The van der Waals surface area contributed by atoms with Gasteiger partial charge in [0.15, 0.2) is 5.82 Å². The maximum absolute atomic E-state index is 5.92. The Hall–Kier alpha value is -1.92. The Bertz CT molecular complexity index is 685. The zero-order valence-corrected chi connectivity index (χ0v) is 13.4. The Labute approximate surface area is 136 Å². The van der Waals surface area contributed by atoms with Gasteiger partial charge in [0, 0.05) is 32.6 Å². The molecule has 6 heteroatoms. The maximum Gasteiger partial charge on any atom is 0.163 e. The molecule has 0 N–H and O–H groups in total. The Morgan fingerprint density at radius 2 is 2.26 bits per heavy atom. The molecule has 0 radical (unpaired) electrons. The first-order valence-electron chi connectivity index (χ1n) is 8.29. The van der Waals surface area contributed by atoms with E-state index in [-0.39, 0.29) is 6.10 Å². The van der Waals surface area contributed by atoms with E-state index in [1.807, 2.05) is 0 Å². The number of fused-ring (bicyclic) bond motifs is 1. The van der Waals surface area contributed by atoms with E-state index in [4.69, 9.17) is 9.47 Å². The van der Waals surface area contributed by atoms with E-state index in [9.17, 15) is 0 Å². The number of hydrogen-bond donors (Lipinski definition) is 0. The molecule has 1 fully saturated rings. The number of ether oxygens (including phenoxy) is 2. The van der Waals surface area contributed by atoms with E-state index < -0.39 is 0 Å². The predicted octanol–water partition coefficient (Wildman–Crippen LogP) is 1.81. The summed E-state index contributed by atoms with van der Waals surface area (Å²) in [6.45, 7) is 7.25. The number of aromatic nitrogens is 3. The van der Waals surface area contributed by atoms with Crippen molar-refractivity contribution in [1.82, 2.24) is 19.7 Å². The van der Waals surface area contributed by atoms with Crippen LogP contribution in [0, 0.1) is 0 Å². The zero-order valence-electron chi connectivity index (χ0n) is 13.4. The number of nitrogens with zero attached hydrogens (tertiary/aromatic N) is 4. The minimum atomic E-state index is 0.00367. The highest BCUT2D eigenvalue weighted by atomic mass is 16.5. The third-order valence-corrected chi connectivity index (χ3v) is 4.58. The van der Waals surface area contributed by atoms with Gasteiger partial charge in [0.2, 0.25) is 0 Å². The summed E-state index contributed by atoms with van der Waals surface area (Å²) in [6.07, 6.45) is 2.80. The smallest absolute Gasteiger partial charge is 0.163 e. The van der Waals surface area contributed by atoms with Crippen molar-refractivity contribution in [1.29, 1.82) is 0 Å². The molecule has 1 unspecified atom stereocenters. The number of morpholine rings is 1. The molecule has 122 valence electrons. The van der Waals surface area contributed by atoms with Crippen molar-refractivity contribution in [2.45, 2.75) is 32.5 Å². The highest BCUT2D eigenvalue weighted by molar-refractivity contribution is 5.39. The molecule has 2 aliphatic heterocycles. The number of hydrogen-bond acceptors (Lipinski definition) is 5. The lowest BCUT2D eigenvalue weighted by molar-refractivity contribution is -0.0388.